The molecule has 0 spiro atoms. The summed E-state index contributed by atoms with van der Waals surface area (Å²) in [6, 6.07) is 32.4. The van der Waals surface area contributed by atoms with Crippen molar-refractivity contribution in [3.63, 3.8) is 0 Å². The van der Waals surface area contributed by atoms with Crippen LogP contribution in [0.3, 0.4) is 0 Å². The van der Waals surface area contributed by atoms with Gasteiger partial charge in [0.05, 0.1) is 11.4 Å². The molecule has 39 heavy (non-hydrogen) atoms. The predicted octanol–water partition coefficient (Wildman–Crippen LogP) is 8.99. The van der Waals surface area contributed by atoms with E-state index in [0.717, 1.165) is 33.9 Å². The van der Waals surface area contributed by atoms with E-state index in [1.54, 1.807) is 0 Å². The molecule has 2 nitrogen and oxygen atoms in total. The van der Waals surface area contributed by atoms with Gasteiger partial charge in [0.15, 0.2) is 0 Å². The van der Waals surface area contributed by atoms with Crippen molar-refractivity contribution in [1.29, 1.82) is 0 Å². The molecule has 0 saturated carbocycles. The van der Waals surface area contributed by atoms with Crippen LogP contribution in [0, 0.1) is 12.1 Å². The number of hydrogen-bond donors (Lipinski definition) is 0. The monoisotopic (exact) mass is 697 g/mol. The van der Waals surface area contributed by atoms with Gasteiger partial charge in [-0.2, -0.15) is 70.8 Å². The number of pyridine rings is 2. The van der Waals surface area contributed by atoms with Crippen LogP contribution in [0.25, 0.3) is 11.4 Å². The second kappa shape index (κ2) is 11.1. The molecule has 206 valence electrons. The summed E-state index contributed by atoms with van der Waals surface area (Å²) in [5.74, 6) is 0. The first-order chi connectivity index (χ1) is 17.6. The fourth-order valence-corrected chi connectivity index (χ4v) is 4.71. The van der Waals surface area contributed by atoms with Crippen molar-refractivity contribution in [2.75, 3.05) is 0 Å². The molecule has 2 aromatic heterocycles. The molecule has 4 aromatic rings. The summed E-state index contributed by atoms with van der Waals surface area (Å²) in [6.45, 7) is 22.4. The maximum absolute atomic E-state index is 5.13. The van der Waals surface area contributed by atoms with Gasteiger partial charge in [0.25, 0.3) is 0 Å². The molecule has 0 fully saturated rings. The van der Waals surface area contributed by atoms with E-state index in [4.69, 9.17) is 9.97 Å². The normalized spacial score (nSPS) is 12.7. The van der Waals surface area contributed by atoms with Gasteiger partial charge in [-0.1, -0.05) is 81.4 Å². The molecule has 0 radical (unpaired) electrons. The molecule has 0 aliphatic carbocycles. The zero-order valence-electron chi connectivity index (χ0n) is 25.1. The molecule has 0 amide bonds. The van der Waals surface area contributed by atoms with E-state index < -0.39 is 0 Å². The van der Waals surface area contributed by atoms with Crippen molar-refractivity contribution in [2.45, 2.75) is 90.9 Å². The van der Waals surface area contributed by atoms with Gasteiger partial charge < -0.3 is 0 Å². The molecule has 0 unspecified atom stereocenters. The van der Waals surface area contributed by atoms with Crippen LogP contribution >= 0.6 is 0 Å². The summed E-state index contributed by atoms with van der Waals surface area (Å²) in [6.07, 6.45) is 0. The van der Waals surface area contributed by atoms with E-state index in [1.807, 2.05) is 12.1 Å². The molecule has 3 heteroatoms. The number of rotatable bonds is 5. The summed E-state index contributed by atoms with van der Waals surface area (Å²) in [4.78, 5) is 10.3. The van der Waals surface area contributed by atoms with E-state index in [9.17, 15) is 0 Å². The number of benzene rings is 2. The third kappa shape index (κ3) is 6.60. The molecule has 0 saturated heterocycles. The molecule has 4 rings (SSSR count). The smallest absolute Gasteiger partial charge is 0.250 e. The van der Waals surface area contributed by atoms with Crippen LogP contribution in [0.1, 0.15) is 103 Å². The SMILES string of the molecule is CC(C)(C)c1cc[c-]c(C(C)(C)c2cccc(-c3cccc(C(C)(C)c4[c-]ccc(C(C)(C)C)c4)n3)n2)c1.[Pt+2]. The standard InChI is InChI=1S/C36H42N2.Pt/c1-33(2,3)25-15-11-17-27(23-25)35(7,8)31-21-13-19-29(37-31)30-20-14-22-32(38-30)36(9,10)28-18-12-16-26(24-28)34(4,5)6;/h11-16,19-24H,1-10H3;/q-2;+2. The Balaban J connectivity index is 0.00000420. The van der Waals surface area contributed by atoms with Crippen molar-refractivity contribution in [1.82, 2.24) is 9.97 Å². The Hall–Kier alpha value is -2.57. The zero-order valence-corrected chi connectivity index (χ0v) is 27.4. The average Bonchev–Trinajstić information content (AvgIpc) is 2.88. The van der Waals surface area contributed by atoms with Gasteiger partial charge in [-0.05, 0) is 35.1 Å². The van der Waals surface area contributed by atoms with Gasteiger partial charge in [-0.3, -0.25) is 9.97 Å². The van der Waals surface area contributed by atoms with E-state index in [0.29, 0.717) is 0 Å². The fraction of sp³-hybridized carbons (Fsp3) is 0.389. The van der Waals surface area contributed by atoms with Crippen LogP contribution in [0.2, 0.25) is 0 Å². The second-order valence-corrected chi connectivity index (χ2v) is 13.5. The quantitative estimate of drug-likeness (QED) is 0.195. The maximum atomic E-state index is 5.13. The summed E-state index contributed by atoms with van der Waals surface area (Å²) < 4.78 is 0. The number of hydrogen-bond acceptors (Lipinski definition) is 2. The minimum atomic E-state index is -0.295. The molecule has 0 atom stereocenters. The number of aromatic nitrogens is 2. The second-order valence-electron chi connectivity index (χ2n) is 13.5. The van der Waals surface area contributed by atoms with Gasteiger partial charge in [0.2, 0.25) is 0 Å². The number of nitrogens with zero attached hydrogens (tertiary/aromatic N) is 2. The van der Waals surface area contributed by atoms with E-state index in [2.05, 4.69) is 142 Å². The van der Waals surface area contributed by atoms with Crippen molar-refractivity contribution >= 4 is 0 Å². The molecular weight excluding hydrogens is 655 g/mol. The summed E-state index contributed by atoms with van der Waals surface area (Å²) in [7, 11) is 0. The van der Waals surface area contributed by atoms with Crippen LogP contribution in [0.4, 0.5) is 0 Å². The van der Waals surface area contributed by atoms with E-state index in [1.165, 1.54) is 11.1 Å². The van der Waals surface area contributed by atoms with E-state index in [-0.39, 0.29) is 42.7 Å². The van der Waals surface area contributed by atoms with Gasteiger partial charge in [-0.25, -0.2) is 0 Å². The van der Waals surface area contributed by atoms with Crippen molar-refractivity contribution < 1.29 is 21.1 Å². The first-order valence-corrected chi connectivity index (χ1v) is 13.6. The third-order valence-corrected chi connectivity index (χ3v) is 7.72. The van der Waals surface area contributed by atoms with Crippen LogP contribution < -0.4 is 0 Å². The van der Waals surface area contributed by atoms with Crippen molar-refractivity contribution in [3.8, 4) is 11.4 Å². The Labute approximate surface area is 251 Å². The molecule has 0 aliphatic rings. The topological polar surface area (TPSA) is 25.8 Å². The first-order valence-electron chi connectivity index (χ1n) is 13.6. The fourth-order valence-electron chi connectivity index (χ4n) is 4.71. The Morgan fingerprint density at radius 2 is 0.872 bits per heavy atom. The Kier molecular flexibility index (Phi) is 8.84. The summed E-state index contributed by atoms with van der Waals surface area (Å²) in [5.41, 5.74) is 8.25. The largest absolute Gasteiger partial charge is 2.00 e. The van der Waals surface area contributed by atoms with Crippen LogP contribution in [0.15, 0.2) is 72.8 Å². The molecule has 0 N–H and O–H groups in total. The first kappa shape index (κ1) is 31.0. The zero-order chi connectivity index (χ0) is 27.9. The predicted molar refractivity (Wildman–Crippen MR) is 160 cm³/mol. The van der Waals surface area contributed by atoms with E-state index >= 15 is 0 Å². The minimum absolute atomic E-state index is 0. The van der Waals surface area contributed by atoms with Crippen molar-refractivity contribution in [2.24, 2.45) is 0 Å². The Bertz CT molecular complexity index is 1320. The summed E-state index contributed by atoms with van der Waals surface area (Å²) >= 11 is 0. The van der Waals surface area contributed by atoms with Crippen LogP contribution in [-0.2, 0) is 42.7 Å². The summed E-state index contributed by atoms with van der Waals surface area (Å²) in [5, 5.41) is 0. The molecule has 2 heterocycles. The average molecular weight is 698 g/mol. The van der Waals surface area contributed by atoms with Crippen LogP contribution in [-0.4, -0.2) is 9.97 Å². The van der Waals surface area contributed by atoms with Crippen LogP contribution in [0.5, 0.6) is 0 Å². The molecule has 0 bridgehead atoms. The molecular formula is C36H42N2Pt. The minimum Gasteiger partial charge on any atom is -0.250 e. The Morgan fingerprint density at radius 1 is 0.513 bits per heavy atom. The molecule has 0 aliphatic heterocycles. The van der Waals surface area contributed by atoms with Crippen molar-refractivity contribution in [3.05, 3.63) is 119 Å². The molecule has 2 aromatic carbocycles. The Morgan fingerprint density at radius 3 is 1.21 bits per heavy atom. The maximum Gasteiger partial charge on any atom is 2.00 e. The van der Waals surface area contributed by atoms with Gasteiger partial charge >= 0.3 is 21.1 Å². The van der Waals surface area contributed by atoms with Gasteiger partial charge in [0, 0.05) is 22.2 Å². The van der Waals surface area contributed by atoms with Gasteiger partial charge in [0.1, 0.15) is 0 Å². The third-order valence-electron chi connectivity index (χ3n) is 7.72. The van der Waals surface area contributed by atoms with Gasteiger partial charge in [-0.15, -0.1) is 0 Å².